The summed E-state index contributed by atoms with van der Waals surface area (Å²) < 4.78 is 22.1. The van der Waals surface area contributed by atoms with E-state index in [1.165, 1.54) is 14.0 Å². The Hall–Kier alpha value is -0.890. The second-order valence-electron chi connectivity index (χ2n) is 6.93. The van der Waals surface area contributed by atoms with Crippen LogP contribution in [0.15, 0.2) is 0 Å². The first-order valence-electron chi connectivity index (χ1n) is 8.84. The molecular weight excluding hydrogens is 364 g/mol. The van der Waals surface area contributed by atoms with Crippen LogP contribution >= 0.6 is 0 Å². The lowest BCUT2D eigenvalue weighted by Crippen LogP contribution is -2.67. The van der Waals surface area contributed by atoms with Crippen LogP contribution in [0.4, 0.5) is 0 Å². The zero-order valence-electron chi connectivity index (χ0n) is 15.6. The average Bonchev–Trinajstić information content (AvgIpc) is 2.64. The van der Waals surface area contributed by atoms with Crippen molar-refractivity contribution in [2.75, 3.05) is 20.3 Å². The van der Waals surface area contributed by atoms with Gasteiger partial charge in [0.25, 0.3) is 0 Å². The topological polar surface area (TPSA) is 173 Å². The van der Waals surface area contributed by atoms with Crippen molar-refractivity contribution in [3.05, 3.63) is 0 Å². The van der Waals surface area contributed by atoms with Gasteiger partial charge in [0, 0.05) is 20.0 Å². The molecule has 2 aliphatic rings. The Morgan fingerprint density at radius 2 is 1.70 bits per heavy atom. The smallest absolute Gasteiger partial charge is 0.217 e. The van der Waals surface area contributed by atoms with Crippen molar-refractivity contribution in [2.24, 2.45) is 11.7 Å². The highest BCUT2D eigenvalue weighted by Crippen LogP contribution is 2.30. The zero-order valence-corrected chi connectivity index (χ0v) is 15.6. The molecule has 0 saturated carbocycles. The fourth-order valence-electron chi connectivity index (χ4n) is 3.43. The Labute approximate surface area is 157 Å². The lowest BCUT2D eigenvalue weighted by atomic mass is 9.89. The van der Waals surface area contributed by atoms with E-state index in [2.05, 4.69) is 5.32 Å². The number of aliphatic hydroxyl groups excluding tert-OH is 4. The van der Waals surface area contributed by atoms with Gasteiger partial charge >= 0.3 is 0 Å². The number of amides is 1. The monoisotopic (exact) mass is 394 g/mol. The van der Waals surface area contributed by atoms with Crippen molar-refractivity contribution >= 4 is 5.91 Å². The average molecular weight is 394 g/mol. The molecule has 27 heavy (non-hydrogen) atoms. The van der Waals surface area contributed by atoms with Crippen molar-refractivity contribution < 1.29 is 44.2 Å². The summed E-state index contributed by atoms with van der Waals surface area (Å²) in [6.07, 6.45) is -7.32. The number of hydrogen-bond acceptors (Lipinski definition) is 10. The van der Waals surface area contributed by atoms with Crippen LogP contribution in [0, 0.1) is 5.92 Å². The van der Waals surface area contributed by atoms with Crippen LogP contribution < -0.4 is 11.1 Å². The van der Waals surface area contributed by atoms with E-state index in [9.17, 15) is 25.2 Å². The normalized spacial score (nSPS) is 45.5. The maximum absolute atomic E-state index is 11.5. The molecule has 11 nitrogen and oxygen atoms in total. The summed E-state index contributed by atoms with van der Waals surface area (Å²) >= 11 is 0. The van der Waals surface area contributed by atoms with E-state index in [-0.39, 0.29) is 6.61 Å². The quantitative estimate of drug-likeness (QED) is 0.267. The summed E-state index contributed by atoms with van der Waals surface area (Å²) in [5, 5.41) is 42.6. The van der Waals surface area contributed by atoms with Crippen LogP contribution in [0.1, 0.15) is 13.8 Å². The molecule has 158 valence electrons. The van der Waals surface area contributed by atoms with E-state index in [0.29, 0.717) is 0 Å². The number of carbonyl (C=O) groups is 1. The summed E-state index contributed by atoms with van der Waals surface area (Å²) in [5.74, 6) is -0.836. The Bertz CT molecular complexity index is 495. The molecule has 0 radical (unpaired) electrons. The van der Waals surface area contributed by atoms with Gasteiger partial charge in [0.2, 0.25) is 5.91 Å². The van der Waals surface area contributed by atoms with Gasteiger partial charge in [-0.25, -0.2) is 0 Å². The highest BCUT2D eigenvalue weighted by molar-refractivity contribution is 5.73. The summed E-state index contributed by atoms with van der Waals surface area (Å²) in [6, 6.07) is -1.91. The molecule has 2 heterocycles. The van der Waals surface area contributed by atoms with E-state index in [0.717, 1.165) is 0 Å². The second-order valence-corrected chi connectivity index (χ2v) is 6.93. The van der Waals surface area contributed by atoms with Gasteiger partial charge in [-0.15, -0.1) is 0 Å². The molecule has 0 aliphatic carbocycles. The van der Waals surface area contributed by atoms with Gasteiger partial charge in [0.05, 0.1) is 31.5 Å². The Morgan fingerprint density at radius 1 is 1.11 bits per heavy atom. The standard InChI is InChI=1S/C16H30N2O9/c1-6-8(4-19)25-15(10(17)12(6)22)27-14-9(5-20)26-16(24-3)11(13(14)23)18-7(2)21/h6,8-16,19-20,22-23H,4-5,17H2,1-3H3,(H,18,21)/t6-,8?,9+,10?,11?,12-,13?,14+,15-,16-/m0/s1. The molecule has 10 atom stereocenters. The van der Waals surface area contributed by atoms with Gasteiger partial charge in [-0.2, -0.15) is 0 Å². The lowest BCUT2D eigenvalue weighted by molar-refractivity contribution is -0.323. The molecule has 2 rings (SSSR count). The third-order valence-corrected chi connectivity index (χ3v) is 5.07. The fraction of sp³-hybridized carbons (Fsp3) is 0.938. The SMILES string of the molecule is CO[C@H]1O[C@H](CO)[C@@H](O[C@@H]2OC(CO)[C@H](C)[C@H](O)C2N)C(O)C1NC(C)=O. The molecule has 0 aromatic carbocycles. The molecule has 2 aliphatic heterocycles. The van der Waals surface area contributed by atoms with Gasteiger partial charge in [0.1, 0.15) is 24.4 Å². The second kappa shape index (κ2) is 9.54. The van der Waals surface area contributed by atoms with Crippen molar-refractivity contribution in [1.82, 2.24) is 5.32 Å². The van der Waals surface area contributed by atoms with Gasteiger partial charge in [0.15, 0.2) is 12.6 Å². The molecule has 11 heteroatoms. The fourth-order valence-corrected chi connectivity index (χ4v) is 3.43. The predicted octanol–water partition coefficient (Wildman–Crippen LogP) is -3.36. The van der Waals surface area contributed by atoms with Crippen molar-refractivity contribution in [3.8, 4) is 0 Å². The van der Waals surface area contributed by atoms with E-state index < -0.39 is 73.6 Å². The number of carbonyl (C=O) groups excluding carboxylic acids is 1. The summed E-state index contributed by atoms with van der Waals surface area (Å²) in [4.78, 5) is 11.5. The molecule has 7 N–H and O–H groups in total. The van der Waals surface area contributed by atoms with Crippen LogP contribution in [0.25, 0.3) is 0 Å². The first-order valence-corrected chi connectivity index (χ1v) is 8.84. The Kier molecular flexibility index (Phi) is 7.92. The van der Waals surface area contributed by atoms with Crippen LogP contribution in [0.3, 0.4) is 0 Å². The molecule has 2 fully saturated rings. The molecule has 1 amide bonds. The Balaban J connectivity index is 2.19. The van der Waals surface area contributed by atoms with Gasteiger partial charge in [-0.1, -0.05) is 6.92 Å². The highest BCUT2D eigenvalue weighted by atomic mass is 16.7. The molecule has 0 bridgehead atoms. The number of nitrogens with two attached hydrogens (primary N) is 1. The predicted molar refractivity (Wildman–Crippen MR) is 90.1 cm³/mol. The summed E-state index contributed by atoms with van der Waals surface area (Å²) in [5.41, 5.74) is 5.99. The Morgan fingerprint density at radius 3 is 2.22 bits per heavy atom. The van der Waals surface area contributed by atoms with Crippen LogP contribution in [-0.2, 0) is 23.7 Å². The third-order valence-electron chi connectivity index (χ3n) is 5.07. The van der Waals surface area contributed by atoms with Crippen molar-refractivity contribution in [1.29, 1.82) is 0 Å². The van der Waals surface area contributed by atoms with E-state index >= 15 is 0 Å². The third kappa shape index (κ3) is 4.75. The molecule has 0 spiro atoms. The van der Waals surface area contributed by atoms with E-state index in [1.54, 1.807) is 6.92 Å². The number of methoxy groups -OCH3 is 1. The number of aliphatic hydroxyl groups is 4. The molecular formula is C16H30N2O9. The number of ether oxygens (including phenoxy) is 4. The van der Waals surface area contributed by atoms with Gasteiger partial charge in [-0.3, -0.25) is 4.79 Å². The first kappa shape index (κ1) is 22.4. The minimum atomic E-state index is -1.32. The van der Waals surface area contributed by atoms with Gasteiger partial charge in [-0.05, 0) is 0 Å². The van der Waals surface area contributed by atoms with Crippen molar-refractivity contribution in [3.63, 3.8) is 0 Å². The number of rotatable bonds is 6. The van der Waals surface area contributed by atoms with Crippen molar-refractivity contribution in [2.45, 2.75) is 69.0 Å². The maximum atomic E-state index is 11.5. The van der Waals surface area contributed by atoms with E-state index in [1.807, 2.05) is 0 Å². The molecule has 4 unspecified atom stereocenters. The highest BCUT2D eigenvalue weighted by Gasteiger charge is 2.50. The summed E-state index contributed by atoms with van der Waals surface area (Å²) in [7, 11) is 1.34. The minimum Gasteiger partial charge on any atom is -0.394 e. The van der Waals surface area contributed by atoms with Crippen LogP contribution in [0.2, 0.25) is 0 Å². The van der Waals surface area contributed by atoms with Crippen LogP contribution in [0.5, 0.6) is 0 Å². The molecule has 0 aromatic heterocycles. The largest absolute Gasteiger partial charge is 0.394 e. The van der Waals surface area contributed by atoms with E-state index in [4.69, 9.17) is 24.7 Å². The number of hydrogen-bond donors (Lipinski definition) is 6. The summed E-state index contributed by atoms with van der Waals surface area (Å²) in [6.45, 7) is 2.11. The lowest BCUT2D eigenvalue weighted by Gasteiger charge is -2.47. The van der Waals surface area contributed by atoms with Crippen LogP contribution in [-0.4, -0.2) is 102 Å². The molecule has 2 saturated heterocycles. The number of nitrogens with one attached hydrogen (secondary N) is 1. The minimum absolute atomic E-state index is 0.349. The maximum Gasteiger partial charge on any atom is 0.217 e. The molecule has 0 aromatic rings. The van der Waals surface area contributed by atoms with Gasteiger partial charge < -0.3 is 50.4 Å². The zero-order chi connectivity index (χ0) is 20.3. The first-order chi connectivity index (χ1) is 12.7.